The molecule has 2 aromatic rings. The number of furan rings is 1. The van der Waals surface area contributed by atoms with Crippen molar-refractivity contribution in [1.29, 1.82) is 0 Å². The van der Waals surface area contributed by atoms with E-state index in [1.165, 1.54) is 0 Å². The molecule has 1 atom stereocenters. The lowest BCUT2D eigenvalue weighted by Crippen LogP contribution is -2.28. The third kappa shape index (κ3) is 2.90. The lowest BCUT2D eigenvalue weighted by atomic mass is 10.2. The summed E-state index contributed by atoms with van der Waals surface area (Å²) in [5.74, 6) is 0.909. The molecule has 0 aromatic carbocycles. The van der Waals surface area contributed by atoms with Gasteiger partial charge < -0.3 is 14.3 Å². The number of aryl methyl sites for hydroxylation is 1. The number of hydrogen-bond acceptors (Lipinski definition) is 3. The van der Waals surface area contributed by atoms with Gasteiger partial charge in [-0.25, -0.2) is 0 Å². The molecule has 96 valence electrons. The van der Waals surface area contributed by atoms with Gasteiger partial charge in [0.1, 0.15) is 5.76 Å². The van der Waals surface area contributed by atoms with E-state index in [1.54, 1.807) is 10.8 Å². The number of rotatable bonds is 5. The average molecular weight is 246 g/mol. The van der Waals surface area contributed by atoms with E-state index in [1.807, 2.05) is 44.3 Å². The molecule has 4 nitrogen and oxygen atoms in total. The molecule has 0 aliphatic rings. The van der Waals surface area contributed by atoms with Crippen LogP contribution >= 0.6 is 0 Å². The van der Waals surface area contributed by atoms with E-state index in [0.717, 1.165) is 17.9 Å². The highest BCUT2D eigenvalue weighted by Crippen LogP contribution is 2.11. The Morgan fingerprint density at radius 3 is 2.94 bits per heavy atom. The van der Waals surface area contributed by atoms with Crippen molar-refractivity contribution in [3.8, 4) is 0 Å². The topological polar surface area (TPSA) is 47.2 Å². The molecule has 0 amide bonds. The second kappa shape index (κ2) is 5.69. The monoisotopic (exact) mass is 246 g/mol. The van der Waals surface area contributed by atoms with E-state index >= 15 is 0 Å². The van der Waals surface area contributed by atoms with Crippen molar-refractivity contribution in [3.05, 3.63) is 58.4 Å². The van der Waals surface area contributed by atoms with Crippen LogP contribution in [0.2, 0.25) is 0 Å². The van der Waals surface area contributed by atoms with Gasteiger partial charge in [-0.15, -0.1) is 0 Å². The summed E-state index contributed by atoms with van der Waals surface area (Å²) >= 11 is 0. The normalized spacial score (nSPS) is 12.6. The first-order valence-electron chi connectivity index (χ1n) is 6.11. The second-order valence-corrected chi connectivity index (χ2v) is 4.38. The van der Waals surface area contributed by atoms with Crippen molar-refractivity contribution in [1.82, 2.24) is 9.88 Å². The lowest BCUT2D eigenvalue weighted by molar-refractivity contribution is 0.422. The Morgan fingerprint density at radius 2 is 2.22 bits per heavy atom. The molecule has 0 saturated heterocycles. The van der Waals surface area contributed by atoms with Gasteiger partial charge in [0.25, 0.3) is 5.56 Å². The van der Waals surface area contributed by atoms with Crippen LogP contribution in [0.25, 0.3) is 0 Å². The van der Waals surface area contributed by atoms with Crippen molar-refractivity contribution in [3.63, 3.8) is 0 Å². The van der Waals surface area contributed by atoms with E-state index in [4.69, 9.17) is 4.42 Å². The summed E-state index contributed by atoms with van der Waals surface area (Å²) in [5, 5.41) is 3.33. The summed E-state index contributed by atoms with van der Waals surface area (Å²) in [6.07, 6.45) is 3.48. The van der Waals surface area contributed by atoms with Crippen LogP contribution in [0.3, 0.4) is 0 Å². The summed E-state index contributed by atoms with van der Waals surface area (Å²) in [7, 11) is 0. The molecule has 0 aliphatic heterocycles. The van der Waals surface area contributed by atoms with Crippen molar-refractivity contribution in [2.24, 2.45) is 0 Å². The molecule has 1 N–H and O–H groups in total. The zero-order valence-electron chi connectivity index (χ0n) is 10.7. The molecular formula is C14H18N2O2. The minimum Gasteiger partial charge on any atom is -0.468 e. The maximum absolute atomic E-state index is 11.8. The van der Waals surface area contributed by atoms with Gasteiger partial charge in [-0.2, -0.15) is 0 Å². The fourth-order valence-corrected chi connectivity index (χ4v) is 1.87. The Balaban J connectivity index is 1.89. The molecule has 2 heterocycles. The fourth-order valence-electron chi connectivity index (χ4n) is 1.87. The maximum Gasteiger partial charge on any atom is 0.253 e. The summed E-state index contributed by atoms with van der Waals surface area (Å²) in [4.78, 5) is 11.8. The predicted octanol–water partition coefficient (Wildman–Crippen LogP) is 2.10. The molecule has 2 rings (SSSR count). The smallest absolute Gasteiger partial charge is 0.253 e. The first-order chi connectivity index (χ1) is 8.68. The Kier molecular flexibility index (Phi) is 3.99. The van der Waals surface area contributed by atoms with Gasteiger partial charge in [0.05, 0.1) is 12.3 Å². The minimum atomic E-state index is 0.0740. The van der Waals surface area contributed by atoms with Gasteiger partial charge in [0.15, 0.2) is 0 Å². The molecule has 18 heavy (non-hydrogen) atoms. The van der Waals surface area contributed by atoms with E-state index in [0.29, 0.717) is 6.54 Å². The number of hydrogen-bond donors (Lipinski definition) is 1. The average Bonchev–Trinajstić information content (AvgIpc) is 2.88. The SMILES string of the molecule is Cc1cccn(CCNC(C)c2ccco2)c1=O. The van der Waals surface area contributed by atoms with E-state index in [2.05, 4.69) is 5.32 Å². The number of nitrogens with zero attached hydrogens (tertiary/aromatic N) is 1. The third-order valence-corrected chi connectivity index (χ3v) is 2.98. The van der Waals surface area contributed by atoms with Gasteiger partial charge in [0.2, 0.25) is 0 Å². The van der Waals surface area contributed by atoms with Crippen LogP contribution in [0.15, 0.2) is 45.9 Å². The highest BCUT2D eigenvalue weighted by atomic mass is 16.3. The van der Waals surface area contributed by atoms with E-state index < -0.39 is 0 Å². The maximum atomic E-state index is 11.8. The summed E-state index contributed by atoms with van der Waals surface area (Å²) in [5.41, 5.74) is 0.849. The summed E-state index contributed by atoms with van der Waals surface area (Å²) < 4.78 is 7.03. The molecule has 1 unspecified atom stereocenters. The molecule has 0 bridgehead atoms. The molecule has 0 radical (unpaired) electrons. The minimum absolute atomic E-state index is 0.0740. The first-order valence-corrected chi connectivity index (χ1v) is 6.11. The van der Waals surface area contributed by atoms with Crippen LogP contribution in [0, 0.1) is 6.92 Å². The largest absolute Gasteiger partial charge is 0.468 e. The van der Waals surface area contributed by atoms with Crippen molar-refractivity contribution in [2.75, 3.05) is 6.54 Å². The molecule has 4 heteroatoms. The Bertz CT molecular complexity index is 543. The molecule has 0 aliphatic carbocycles. The third-order valence-electron chi connectivity index (χ3n) is 2.98. The van der Waals surface area contributed by atoms with Crippen LogP contribution in [0.4, 0.5) is 0 Å². The van der Waals surface area contributed by atoms with Crippen molar-refractivity contribution in [2.45, 2.75) is 26.4 Å². The Labute approximate surface area is 106 Å². The number of nitrogens with one attached hydrogen (secondary N) is 1. The first kappa shape index (κ1) is 12.6. The van der Waals surface area contributed by atoms with Crippen molar-refractivity contribution >= 4 is 0 Å². The van der Waals surface area contributed by atoms with Crippen LogP contribution in [0.1, 0.15) is 24.3 Å². The number of aromatic nitrogens is 1. The zero-order chi connectivity index (χ0) is 13.0. The van der Waals surface area contributed by atoms with Gasteiger partial charge in [-0.1, -0.05) is 6.07 Å². The summed E-state index contributed by atoms with van der Waals surface area (Å²) in [6, 6.07) is 7.69. The lowest BCUT2D eigenvalue weighted by Gasteiger charge is -2.12. The highest BCUT2D eigenvalue weighted by Gasteiger charge is 2.06. The molecular weight excluding hydrogens is 228 g/mol. The number of pyridine rings is 1. The molecule has 0 spiro atoms. The van der Waals surface area contributed by atoms with E-state index in [9.17, 15) is 4.79 Å². The van der Waals surface area contributed by atoms with Gasteiger partial charge in [0, 0.05) is 24.8 Å². The van der Waals surface area contributed by atoms with Crippen molar-refractivity contribution < 1.29 is 4.42 Å². The van der Waals surface area contributed by atoms with Gasteiger partial charge in [-0.3, -0.25) is 4.79 Å². The standard InChI is InChI=1S/C14H18N2O2/c1-11-5-3-8-16(14(11)17)9-7-15-12(2)13-6-4-10-18-13/h3-6,8,10,12,15H,7,9H2,1-2H3. The quantitative estimate of drug-likeness (QED) is 0.878. The van der Waals surface area contributed by atoms with Crippen LogP contribution in [-0.4, -0.2) is 11.1 Å². The predicted molar refractivity (Wildman–Crippen MR) is 70.6 cm³/mol. The van der Waals surface area contributed by atoms with Gasteiger partial charge in [-0.05, 0) is 32.0 Å². The van der Waals surface area contributed by atoms with Gasteiger partial charge >= 0.3 is 0 Å². The zero-order valence-corrected chi connectivity index (χ0v) is 10.7. The second-order valence-electron chi connectivity index (χ2n) is 4.38. The Morgan fingerprint density at radius 1 is 1.39 bits per heavy atom. The van der Waals surface area contributed by atoms with Crippen LogP contribution in [0.5, 0.6) is 0 Å². The molecule has 0 saturated carbocycles. The van der Waals surface area contributed by atoms with Crippen LogP contribution < -0.4 is 10.9 Å². The molecule has 2 aromatic heterocycles. The highest BCUT2D eigenvalue weighted by molar-refractivity contribution is 5.07. The van der Waals surface area contributed by atoms with Crippen LogP contribution in [-0.2, 0) is 6.54 Å². The summed E-state index contributed by atoms with van der Waals surface area (Å²) in [6.45, 7) is 5.26. The Hall–Kier alpha value is -1.81. The molecule has 0 fully saturated rings. The van der Waals surface area contributed by atoms with E-state index in [-0.39, 0.29) is 11.6 Å². The fraction of sp³-hybridized carbons (Fsp3) is 0.357.